The maximum absolute atomic E-state index is 12.6. The number of ether oxygens (including phenoxy) is 1. The highest BCUT2D eigenvalue weighted by atomic mass is 32.2. The standard InChI is InChI=1S/C17H20F3NO4S/c1-25-15(22)14-10-16(14)6-8-21(9-7-16)26(23,24)11-12-2-4-13(5-3-12)17(18,19)20/h2-5,14H,6-11H2,1H3/t14-/m0/s1. The van der Waals surface area contributed by atoms with Crippen LogP contribution in [0.2, 0.25) is 0 Å². The summed E-state index contributed by atoms with van der Waals surface area (Å²) in [6, 6.07) is 4.17. The molecule has 1 aromatic rings. The van der Waals surface area contributed by atoms with Gasteiger partial charge in [0.15, 0.2) is 0 Å². The molecule has 3 rings (SSSR count). The summed E-state index contributed by atoms with van der Waals surface area (Å²) in [6.07, 6.45) is -2.52. The molecule has 5 nitrogen and oxygen atoms in total. The van der Waals surface area contributed by atoms with Crippen molar-refractivity contribution in [3.63, 3.8) is 0 Å². The third-order valence-corrected chi connectivity index (χ3v) is 7.27. The van der Waals surface area contributed by atoms with Gasteiger partial charge in [0, 0.05) is 13.1 Å². The topological polar surface area (TPSA) is 63.7 Å². The van der Waals surface area contributed by atoms with Gasteiger partial charge in [-0.15, -0.1) is 0 Å². The van der Waals surface area contributed by atoms with Gasteiger partial charge in [-0.05, 0) is 42.4 Å². The highest BCUT2D eigenvalue weighted by Crippen LogP contribution is 2.60. The summed E-state index contributed by atoms with van der Waals surface area (Å²) in [6.45, 7) is 0.632. The van der Waals surface area contributed by atoms with Crippen LogP contribution in [0.5, 0.6) is 0 Å². The van der Waals surface area contributed by atoms with Crippen LogP contribution in [0.4, 0.5) is 13.2 Å². The summed E-state index contributed by atoms with van der Waals surface area (Å²) < 4.78 is 69.0. The molecule has 0 bridgehead atoms. The number of nitrogens with zero attached hydrogens (tertiary/aromatic N) is 1. The van der Waals surface area contributed by atoms with E-state index in [2.05, 4.69) is 0 Å². The fourth-order valence-corrected chi connectivity index (χ4v) is 5.21. The van der Waals surface area contributed by atoms with Crippen LogP contribution in [-0.4, -0.2) is 38.9 Å². The number of sulfonamides is 1. The van der Waals surface area contributed by atoms with E-state index in [4.69, 9.17) is 4.74 Å². The predicted molar refractivity (Wildman–Crippen MR) is 87.4 cm³/mol. The van der Waals surface area contributed by atoms with E-state index in [1.165, 1.54) is 23.5 Å². The van der Waals surface area contributed by atoms with Crippen LogP contribution in [0.1, 0.15) is 30.4 Å². The van der Waals surface area contributed by atoms with Crippen molar-refractivity contribution in [2.45, 2.75) is 31.2 Å². The second kappa shape index (κ2) is 6.53. The van der Waals surface area contributed by atoms with Gasteiger partial charge in [0.25, 0.3) is 0 Å². The van der Waals surface area contributed by atoms with E-state index in [9.17, 15) is 26.4 Å². The first-order valence-corrected chi connectivity index (χ1v) is 9.90. The van der Waals surface area contributed by atoms with Gasteiger partial charge in [-0.3, -0.25) is 4.79 Å². The van der Waals surface area contributed by atoms with Gasteiger partial charge in [-0.1, -0.05) is 12.1 Å². The third-order valence-electron chi connectivity index (χ3n) is 5.42. The van der Waals surface area contributed by atoms with Crippen molar-refractivity contribution >= 4 is 16.0 Å². The number of alkyl halides is 3. The van der Waals surface area contributed by atoms with Crippen LogP contribution >= 0.6 is 0 Å². The van der Waals surface area contributed by atoms with Gasteiger partial charge in [0.1, 0.15) is 0 Å². The summed E-state index contributed by atoms with van der Waals surface area (Å²) in [5.74, 6) is -0.725. The molecule has 2 aliphatic rings. The number of rotatable bonds is 4. The molecular weight excluding hydrogens is 371 g/mol. The Kier molecular flexibility index (Phi) is 4.81. The van der Waals surface area contributed by atoms with Gasteiger partial charge in [-0.2, -0.15) is 13.2 Å². The second-order valence-electron chi connectivity index (χ2n) is 6.99. The molecule has 2 fully saturated rings. The second-order valence-corrected chi connectivity index (χ2v) is 8.96. The minimum Gasteiger partial charge on any atom is -0.469 e. The Labute approximate surface area is 150 Å². The van der Waals surface area contributed by atoms with Crippen LogP contribution in [0.25, 0.3) is 0 Å². The van der Waals surface area contributed by atoms with Crippen molar-refractivity contribution in [1.82, 2.24) is 4.31 Å². The molecular formula is C17H20F3NO4S. The number of carbonyl (C=O) groups excluding carboxylic acids is 1. The number of esters is 1. The van der Waals surface area contributed by atoms with Gasteiger partial charge in [-0.25, -0.2) is 12.7 Å². The molecule has 0 unspecified atom stereocenters. The Bertz CT molecular complexity index is 781. The van der Waals surface area contributed by atoms with Crippen molar-refractivity contribution in [3.05, 3.63) is 35.4 Å². The van der Waals surface area contributed by atoms with Crippen LogP contribution in [-0.2, 0) is 31.5 Å². The van der Waals surface area contributed by atoms with E-state index in [1.807, 2.05) is 0 Å². The number of carbonyl (C=O) groups is 1. The molecule has 0 N–H and O–H groups in total. The van der Waals surface area contributed by atoms with Crippen molar-refractivity contribution in [2.24, 2.45) is 11.3 Å². The monoisotopic (exact) mass is 391 g/mol. The van der Waals surface area contributed by atoms with E-state index >= 15 is 0 Å². The highest BCUT2D eigenvalue weighted by Gasteiger charge is 2.59. The Morgan fingerprint density at radius 3 is 2.31 bits per heavy atom. The van der Waals surface area contributed by atoms with Crippen molar-refractivity contribution < 1.29 is 31.1 Å². The van der Waals surface area contributed by atoms with E-state index in [-0.39, 0.29) is 23.1 Å². The summed E-state index contributed by atoms with van der Waals surface area (Å²) in [7, 11) is -2.27. The lowest BCUT2D eigenvalue weighted by Crippen LogP contribution is -2.40. The number of methoxy groups -OCH3 is 1. The Hall–Kier alpha value is -1.61. The molecule has 1 aliphatic carbocycles. The lowest BCUT2D eigenvalue weighted by molar-refractivity contribution is -0.143. The Balaban J connectivity index is 1.61. The highest BCUT2D eigenvalue weighted by molar-refractivity contribution is 7.88. The molecule has 1 aliphatic heterocycles. The minimum atomic E-state index is -4.45. The molecule has 144 valence electrons. The van der Waals surface area contributed by atoms with Gasteiger partial charge < -0.3 is 4.74 Å². The Morgan fingerprint density at radius 1 is 1.23 bits per heavy atom. The average molecular weight is 391 g/mol. The zero-order chi connectivity index (χ0) is 19.2. The molecule has 0 radical (unpaired) electrons. The van der Waals surface area contributed by atoms with Crippen molar-refractivity contribution in [2.75, 3.05) is 20.2 Å². The first kappa shape index (κ1) is 19.2. The zero-order valence-corrected chi connectivity index (χ0v) is 15.1. The van der Waals surface area contributed by atoms with Gasteiger partial charge in [0.05, 0.1) is 24.3 Å². The number of piperidine rings is 1. The van der Waals surface area contributed by atoms with E-state index in [0.717, 1.165) is 18.6 Å². The van der Waals surface area contributed by atoms with Crippen LogP contribution in [0.15, 0.2) is 24.3 Å². The maximum atomic E-state index is 12.6. The lowest BCUT2D eigenvalue weighted by atomic mass is 9.92. The Morgan fingerprint density at radius 2 is 1.81 bits per heavy atom. The zero-order valence-electron chi connectivity index (χ0n) is 14.3. The van der Waals surface area contributed by atoms with E-state index in [1.54, 1.807) is 0 Å². The molecule has 0 amide bonds. The summed E-state index contributed by atoms with van der Waals surface area (Å²) >= 11 is 0. The number of halogens is 3. The molecule has 1 atom stereocenters. The normalized spacial score (nSPS) is 23.0. The maximum Gasteiger partial charge on any atom is 0.416 e. The summed E-state index contributed by atoms with van der Waals surface area (Å²) in [5, 5.41) is 0. The molecule has 9 heteroatoms. The predicted octanol–water partition coefficient (Wildman–Crippen LogP) is 2.81. The number of hydrogen-bond acceptors (Lipinski definition) is 4. The van der Waals surface area contributed by atoms with Crippen molar-refractivity contribution in [3.8, 4) is 0 Å². The first-order valence-electron chi connectivity index (χ1n) is 8.29. The van der Waals surface area contributed by atoms with Crippen molar-refractivity contribution in [1.29, 1.82) is 0 Å². The van der Waals surface area contributed by atoms with Gasteiger partial charge >= 0.3 is 12.1 Å². The number of benzene rings is 1. The summed E-state index contributed by atoms with van der Waals surface area (Å²) in [5.41, 5.74) is -0.633. The molecule has 0 aromatic heterocycles. The van der Waals surface area contributed by atoms with Crippen LogP contribution < -0.4 is 0 Å². The minimum absolute atomic E-state index is 0.145. The third kappa shape index (κ3) is 3.73. The molecule has 1 spiro atoms. The molecule has 26 heavy (non-hydrogen) atoms. The largest absolute Gasteiger partial charge is 0.469 e. The quantitative estimate of drug-likeness (QED) is 0.741. The number of hydrogen-bond donors (Lipinski definition) is 0. The van der Waals surface area contributed by atoms with Crippen LogP contribution in [0.3, 0.4) is 0 Å². The SMILES string of the molecule is COC(=O)[C@@H]1CC12CCN(S(=O)(=O)Cc1ccc(C(F)(F)F)cc1)CC2. The molecule has 1 aromatic carbocycles. The first-order chi connectivity index (χ1) is 12.1. The fourth-order valence-electron chi connectivity index (χ4n) is 3.68. The fraction of sp³-hybridized carbons (Fsp3) is 0.588. The average Bonchev–Trinajstić information content (AvgIpc) is 3.27. The molecule has 1 saturated heterocycles. The van der Waals surface area contributed by atoms with E-state index < -0.39 is 21.8 Å². The summed E-state index contributed by atoms with van der Waals surface area (Å²) in [4.78, 5) is 11.6. The van der Waals surface area contributed by atoms with E-state index in [0.29, 0.717) is 31.5 Å². The molecule has 1 saturated carbocycles. The van der Waals surface area contributed by atoms with Crippen LogP contribution in [0, 0.1) is 11.3 Å². The smallest absolute Gasteiger partial charge is 0.416 e. The molecule has 1 heterocycles. The van der Waals surface area contributed by atoms with Gasteiger partial charge in [0.2, 0.25) is 10.0 Å². The lowest BCUT2D eigenvalue weighted by Gasteiger charge is -2.32.